The highest BCUT2D eigenvalue weighted by Crippen LogP contribution is 2.35. The zero-order chi connectivity index (χ0) is 31.3. The molecule has 2 aliphatic rings. The normalized spacial score (nSPS) is 16.3. The van der Waals surface area contributed by atoms with Crippen LogP contribution >= 0.6 is 11.3 Å². The van der Waals surface area contributed by atoms with Gasteiger partial charge < -0.3 is 19.1 Å². The van der Waals surface area contributed by atoms with Gasteiger partial charge >= 0.3 is 5.97 Å². The van der Waals surface area contributed by atoms with Crippen molar-refractivity contribution in [3.05, 3.63) is 121 Å². The van der Waals surface area contributed by atoms with Crippen molar-refractivity contribution in [2.75, 3.05) is 33.4 Å². The van der Waals surface area contributed by atoms with Crippen LogP contribution in [0.2, 0.25) is 0 Å². The van der Waals surface area contributed by atoms with Crippen LogP contribution in [0, 0.1) is 0 Å². The van der Waals surface area contributed by atoms with Crippen LogP contribution in [0.3, 0.4) is 0 Å². The smallest absolute Gasteiger partial charge is 0.338 e. The average Bonchev–Trinajstić information content (AvgIpc) is 3.72. The molecule has 0 unspecified atom stereocenters. The number of carbonyl (C=O) groups excluding carboxylic acids is 2. The van der Waals surface area contributed by atoms with Crippen LogP contribution in [-0.4, -0.2) is 54.8 Å². The molecule has 1 fully saturated rings. The molecule has 1 amide bonds. The highest BCUT2D eigenvalue weighted by Gasteiger charge is 2.35. The number of aromatic nitrogens is 1. The lowest BCUT2D eigenvalue weighted by Crippen LogP contribution is -2.39. The van der Waals surface area contributed by atoms with Crippen LogP contribution in [0.4, 0.5) is 0 Å². The van der Waals surface area contributed by atoms with Crippen LogP contribution in [0.5, 0.6) is 11.5 Å². The van der Waals surface area contributed by atoms with E-state index in [0.29, 0.717) is 37.7 Å². The Morgan fingerprint density at radius 2 is 1.69 bits per heavy atom. The highest BCUT2D eigenvalue weighted by atomic mass is 32.1. The summed E-state index contributed by atoms with van der Waals surface area (Å²) in [6, 6.07) is 23.5. The zero-order valence-corrected chi connectivity index (χ0v) is 25.9. The minimum atomic E-state index is -0.739. The minimum absolute atomic E-state index is 0.0511. The second kappa shape index (κ2) is 13.4. The first kappa shape index (κ1) is 30.1. The molecular formula is C35H33N3O6S. The minimum Gasteiger partial charge on any atom is -0.493 e. The van der Waals surface area contributed by atoms with Gasteiger partial charge in [-0.05, 0) is 49.1 Å². The van der Waals surface area contributed by atoms with E-state index in [9.17, 15) is 14.4 Å². The first-order valence-electron chi connectivity index (χ1n) is 14.9. The fraction of sp³-hybridized carbons (Fsp3) is 0.257. The van der Waals surface area contributed by atoms with Crippen LogP contribution in [0.1, 0.15) is 42.5 Å². The molecule has 4 aromatic rings. The van der Waals surface area contributed by atoms with E-state index in [4.69, 9.17) is 19.2 Å². The third kappa shape index (κ3) is 6.19. The Bertz CT molecular complexity index is 1930. The van der Waals surface area contributed by atoms with Gasteiger partial charge in [-0.25, -0.2) is 9.79 Å². The van der Waals surface area contributed by atoms with Crippen molar-refractivity contribution >= 4 is 35.0 Å². The molecule has 0 bridgehead atoms. The number of nitrogens with zero attached hydrogens (tertiary/aromatic N) is 3. The summed E-state index contributed by atoms with van der Waals surface area (Å²) in [6.45, 7) is 3.39. The number of ether oxygens (including phenoxy) is 3. The number of rotatable bonds is 9. The summed E-state index contributed by atoms with van der Waals surface area (Å²) in [6.07, 6.45) is 3.79. The molecule has 1 saturated heterocycles. The van der Waals surface area contributed by atoms with Crippen molar-refractivity contribution in [2.45, 2.75) is 25.8 Å². The van der Waals surface area contributed by atoms with Crippen LogP contribution in [0.25, 0.3) is 11.8 Å². The van der Waals surface area contributed by atoms with Crippen molar-refractivity contribution in [2.24, 2.45) is 4.99 Å². The van der Waals surface area contributed by atoms with Gasteiger partial charge in [0.25, 0.3) is 11.5 Å². The molecule has 9 nitrogen and oxygen atoms in total. The highest BCUT2D eigenvalue weighted by molar-refractivity contribution is 7.07. The molecule has 0 spiro atoms. The summed E-state index contributed by atoms with van der Waals surface area (Å²) in [5.41, 5.74) is 2.73. The molecule has 1 atom stereocenters. The molecule has 6 rings (SSSR count). The monoisotopic (exact) mass is 623 g/mol. The van der Waals surface area contributed by atoms with Gasteiger partial charge in [0.1, 0.15) is 0 Å². The van der Waals surface area contributed by atoms with Gasteiger partial charge in [-0.2, -0.15) is 0 Å². The van der Waals surface area contributed by atoms with E-state index in [1.54, 1.807) is 34.6 Å². The molecule has 0 N–H and O–H groups in total. The molecule has 10 heteroatoms. The molecule has 0 aliphatic carbocycles. The number of amides is 1. The second-order valence-corrected chi connectivity index (χ2v) is 11.6. The summed E-state index contributed by atoms with van der Waals surface area (Å²) in [5.74, 6) is 0.319. The molecule has 2 aliphatic heterocycles. The zero-order valence-electron chi connectivity index (χ0n) is 25.1. The first-order valence-corrected chi connectivity index (χ1v) is 15.7. The maximum Gasteiger partial charge on any atom is 0.338 e. The quantitative estimate of drug-likeness (QED) is 0.262. The number of hydrogen-bond acceptors (Lipinski definition) is 8. The SMILES string of the molecule is CCOC(=O)C1=C(c2ccccc2)N=c2s/c(=C/c3ccc(OCC(=O)N4CCCC4)c(OC)c3)c(=O)n2[C@H]1c1ccccc1. The number of likely N-dealkylation sites (tertiary alicyclic amines) is 1. The molecule has 0 saturated carbocycles. The van der Waals surface area contributed by atoms with Gasteiger partial charge in [0, 0.05) is 18.7 Å². The van der Waals surface area contributed by atoms with Gasteiger partial charge in [0.05, 0.1) is 35.6 Å². The summed E-state index contributed by atoms with van der Waals surface area (Å²) < 4.78 is 18.9. The Morgan fingerprint density at radius 1 is 0.978 bits per heavy atom. The largest absolute Gasteiger partial charge is 0.493 e. The fourth-order valence-electron chi connectivity index (χ4n) is 5.63. The van der Waals surface area contributed by atoms with Gasteiger partial charge in [-0.15, -0.1) is 0 Å². The van der Waals surface area contributed by atoms with Crippen LogP contribution in [0.15, 0.2) is 94.2 Å². The molecule has 3 aromatic carbocycles. The van der Waals surface area contributed by atoms with Crippen LogP contribution in [-0.2, 0) is 14.3 Å². The molecule has 0 radical (unpaired) electrons. The fourth-order valence-corrected chi connectivity index (χ4v) is 6.63. The van der Waals surface area contributed by atoms with Crippen LogP contribution < -0.4 is 24.4 Å². The van der Waals surface area contributed by atoms with Crippen molar-refractivity contribution in [1.29, 1.82) is 0 Å². The maximum atomic E-state index is 14.1. The number of esters is 1. The number of thiazole rings is 1. The van der Waals surface area contributed by atoms with E-state index in [1.165, 1.54) is 18.4 Å². The Balaban J connectivity index is 1.43. The Labute approximate surface area is 264 Å². The molecular weight excluding hydrogens is 590 g/mol. The standard InChI is InChI=1S/C35H33N3O6S/c1-3-43-34(41)30-31(24-12-6-4-7-13-24)36-35-38(32(30)25-14-8-5-9-15-25)33(40)28(45-35)21-23-16-17-26(27(20-23)42-2)44-22-29(39)37-18-10-11-19-37/h4-9,12-17,20-21,32H,3,10-11,18-19,22H2,1-2H3/b28-21+/t32-/m0/s1. The van der Waals surface area contributed by atoms with E-state index in [2.05, 4.69) is 0 Å². The van der Waals surface area contributed by atoms with E-state index in [-0.39, 0.29) is 24.7 Å². The Hall–Kier alpha value is -4.96. The van der Waals surface area contributed by atoms with E-state index < -0.39 is 12.0 Å². The van der Waals surface area contributed by atoms with Gasteiger partial charge in [-0.3, -0.25) is 14.2 Å². The van der Waals surface area contributed by atoms with Crippen molar-refractivity contribution in [1.82, 2.24) is 9.47 Å². The van der Waals surface area contributed by atoms with Gasteiger partial charge in [0.2, 0.25) is 0 Å². The summed E-state index contributed by atoms with van der Waals surface area (Å²) in [5, 5.41) is 0. The summed E-state index contributed by atoms with van der Waals surface area (Å²) in [4.78, 5) is 47.3. The lowest BCUT2D eigenvalue weighted by atomic mass is 9.93. The molecule has 230 valence electrons. The second-order valence-electron chi connectivity index (χ2n) is 10.6. The Kier molecular flexibility index (Phi) is 8.93. The van der Waals surface area contributed by atoms with E-state index in [1.807, 2.05) is 66.7 Å². The van der Waals surface area contributed by atoms with Crippen molar-refractivity contribution in [3.8, 4) is 11.5 Å². The van der Waals surface area contributed by atoms with E-state index in [0.717, 1.165) is 37.1 Å². The number of carbonyl (C=O) groups is 2. The first-order chi connectivity index (χ1) is 22.0. The summed E-state index contributed by atoms with van der Waals surface area (Å²) in [7, 11) is 1.53. The van der Waals surface area contributed by atoms with Gasteiger partial charge in [-0.1, -0.05) is 78.1 Å². The Morgan fingerprint density at radius 3 is 2.38 bits per heavy atom. The lowest BCUT2D eigenvalue weighted by Gasteiger charge is -2.25. The lowest BCUT2D eigenvalue weighted by molar-refractivity contribution is -0.139. The molecule has 45 heavy (non-hydrogen) atoms. The average molecular weight is 624 g/mol. The predicted octanol–water partition coefficient (Wildman–Crippen LogP) is 3.95. The third-order valence-electron chi connectivity index (χ3n) is 7.78. The number of methoxy groups -OCH3 is 1. The number of benzene rings is 3. The third-order valence-corrected chi connectivity index (χ3v) is 8.77. The predicted molar refractivity (Wildman–Crippen MR) is 172 cm³/mol. The number of fused-ring (bicyclic) bond motifs is 1. The van der Waals surface area contributed by atoms with Crippen molar-refractivity contribution < 1.29 is 23.8 Å². The van der Waals surface area contributed by atoms with E-state index >= 15 is 0 Å². The molecule has 3 heterocycles. The van der Waals surface area contributed by atoms with Gasteiger partial charge in [0.15, 0.2) is 22.9 Å². The maximum absolute atomic E-state index is 14.1. The number of hydrogen-bond donors (Lipinski definition) is 0. The van der Waals surface area contributed by atoms with Crippen molar-refractivity contribution in [3.63, 3.8) is 0 Å². The molecule has 1 aromatic heterocycles. The topological polar surface area (TPSA) is 99.4 Å². The summed E-state index contributed by atoms with van der Waals surface area (Å²) >= 11 is 1.25.